The molecule has 0 radical (unpaired) electrons. The predicted octanol–water partition coefficient (Wildman–Crippen LogP) is 2.02. The second kappa shape index (κ2) is 4.60. The van der Waals surface area contributed by atoms with Gasteiger partial charge in [0.25, 0.3) is 0 Å². The lowest BCUT2D eigenvalue weighted by Gasteiger charge is -2.31. The quantitative estimate of drug-likeness (QED) is 0.758. The average Bonchev–Trinajstić information content (AvgIpc) is 2.62. The Labute approximate surface area is 105 Å². The van der Waals surface area contributed by atoms with Crippen molar-refractivity contribution in [3.8, 4) is 0 Å². The molecule has 1 unspecified atom stereocenters. The van der Waals surface area contributed by atoms with Crippen molar-refractivity contribution in [2.45, 2.75) is 46.5 Å². The summed E-state index contributed by atoms with van der Waals surface area (Å²) in [7, 11) is 0. The summed E-state index contributed by atoms with van der Waals surface area (Å²) in [5.74, 6) is 0.375. The third kappa shape index (κ3) is 2.82. The van der Waals surface area contributed by atoms with Crippen LogP contribution in [0.3, 0.4) is 0 Å². The predicted molar refractivity (Wildman–Crippen MR) is 69.8 cm³/mol. The Kier molecular flexibility index (Phi) is 3.48. The SMILES string of the molecule is CC1(C)CCCN(C(=O)C2(C)CCNC2)CC1. The van der Waals surface area contributed by atoms with Gasteiger partial charge in [0.15, 0.2) is 0 Å². The Hall–Kier alpha value is -0.570. The maximum atomic E-state index is 12.6. The Morgan fingerprint density at radius 2 is 1.88 bits per heavy atom. The van der Waals surface area contributed by atoms with Crippen LogP contribution in [0.25, 0.3) is 0 Å². The number of carbonyl (C=O) groups excluding carboxylic acids is 1. The summed E-state index contributed by atoms with van der Waals surface area (Å²) in [5, 5.41) is 3.32. The minimum absolute atomic E-state index is 0.144. The van der Waals surface area contributed by atoms with Crippen molar-refractivity contribution in [3.63, 3.8) is 0 Å². The van der Waals surface area contributed by atoms with Crippen molar-refractivity contribution < 1.29 is 4.79 Å². The summed E-state index contributed by atoms with van der Waals surface area (Å²) < 4.78 is 0. The first-order valence-electron chi connectivity index (χ1n) is 6.93. The smallest absolute Gasteiger partial charge is 0.229 e. The van der Waals surface area contributed by atoms with Crippen LogP contribution >= 0.6 is 0 Å². The Bertz CT molecular complexity index is 293. The standard InChI is InChI=1S/C14H26N2O/c1-13(2)5-4-9-16(10-7-13)12(17)14(3)6-8-15-11-14/h15H,4-11H2,1-3H3. The molecule has 0 aromatic heterocycles. The largest absolute Gasteiger partial charge is 0.342 e. The van der Waals surface area contributed by atoms with Gasteiger partial charge >= 0.3 is 0 Å². The van der Waals surface area contributed by atoms with Crippen molar-refractivity contribution >= 4 is 5.91 Å². The third-order valence-corrected chi connectivity index (χ3v) is 4.51. The molecule has 17 heavy (non-hydrogen) atoms. The molecule has 0 aliphatic carbocycles. The fourth-order valence-electron chi connectivity index (χ4n) is 3.01. The highest BCUT2D eigenvalue weighted by molar-refractivity contribution is 5.83. The van der Waals surface area contributed by atoms with E-state index in [2.05, 4.69) is 31.0 Å². The van der Waals surface area contributed by atoms with Gasteiger partial charge in [-0.15, -0.1) is 0 Å². The van der Waals surface area contributed by atoms with Gasteiger partial charge in [-0.25, -0.2) is 0 Å². The van der Waals surface area contributed by atoms with Crippen molar-refractivity contribution in [3.05, 3.63) is 0 Å². The average molecular weight is 238 g/mol. The molecule has 2 fully saturated rings. The molecule has 1 atom stereocenters. The van der Waals surface area contributed by atoms with Gasteiger partial charge in [-0.05, 0) is 44.6 Å². The van der Waals surface area contributed by atoms with E-state index in [9.17, 15) is 4.79 Å². The van der Waals surface area contributed by atoms with Crippen LogP contribution in [0, 0.1) is 10.8 Å². The lowest BCUT2D eigenvalue weighted by molar-refractivity contribution is -0.140. The van der Waals surface area contributed by atoms with E-state index in [4.69, 9.17) is 0 Å². The van der Waals surface area contributed by atoms with Gasteiger partial charge in [0.2, 0.25) is 5.91 Å². The van der Waals surface area contributed by atoms with Crippen LogP contribution in [-0.2, 0) is 4.79 Å². The molecule has 2 aliphatic rings. The van der Waals surface area contributed by atoms with E-state index >= 15 is 0 Å². The maximum Gasteiger partial charge on any atom is 0.229 e. The number of nitrogens with one attached hydrogen (secondary N) is 1. The molecule has 3 heteroatoms. The highest BCUT2D eigenvalue weighted by Gasteiger charge is 2.39. The van der Waals surface area contributed by atoms with Crippen LogP contribution in [-0.4, -0.2) is 37.0 Å². The summed E-state index contributed by atoms with van der Waals surface area (Å²) in [6, 6.07) is 0. The fourth-order valence-corrected chi connectivity index (χ4v) is 3.01. The van der Waals surface area contributed by atoms with Crippen LogP contribution < -0.4 is 5.32 Å². The fraction of sp³-hybridized carbons (Fsp3) is 0.929. The van der Waals surface area contributed by atoms with E-state index in [-0.39, 0.29) is 5.41 Å². The Morgan fingerprint density at radius 1 is 1.12 bits per heavy atom. The summed E-state index contributed by atoms with van der Waals surface area (Å²) in [4.78, 5) is 14.7. The molecular weight excluding hydrogens is 212 g/mol. The minimum Gasteiger partial charge on any atom is -0.342 e. The van der Waals surface area contributed by atoms with Gasteiger partial charge in [0.1, 0.15) is 0 Å². The summed E-state index contributed by atoms with van der Waals surface area (Å²) in [6.07, 6.45) is 4.53. The maximum absolute atomic E-state index is 12.6. The normalized spacial score (nSPS) is 33.5. The topological polar surface area (TPSA) is 32.3 Å². The number of carbonyl (C=O) groups is 1. The molecule has 0 aromatic carbocycles. The summed E-state index contributed by atoms with van der Waals surface area (Å²) in [5.41, 5.74) is 0.262. The number of nitrogens with zero attached hydrogens (tertiary/aromatic N) is 1. The van der Waals surface area contributed by atoms with Crippen LogP contribution in [0.4, 0.5) is 0 Å². The molecule has 2 aliphatic heterocycles. The monoisotopic (exact) mass is 238 g/mol. The number of likely N-dealkylation sites (tertiary alicyclic amines) is 1. The highest BCUT2D eigenvalue weighted by Crippen LogP contribution is 2.33. The zero-order valence-electron chi connectivity index (χ0n) is 11.5. The molecular formula is C14H26N2O. The first-order chi connectivity index (χ1) is 7.93. The molecule has 98 valence electrons. The summed E-state index contributed by atoms with van der Waals surface area (Å²) in [6.45, 7) is 10.5. The van der Waals surface area contributed by atoms with E-state index in [0.29, 0.717) is 11.3 Å². The van der Waals surface area contributed by atoms with E-state index < -0.39 is 0 Å². The zero-order valence-corrected chi connectivity index (χ0v) is 11.5. The van der Waals surface area contributed by atoms with Gasteiger partial charge in [0, 0.05) is 19.6 Å². The first-order valence-corrected chi connectivity index (χ1v) is 6.93. The molecule has 2 rings (SSSR count). The first kappa shape index (κ1) is 12.9. The van der Waals surface area contributed by atoms with Gasteiger partial charge in [0.05, 0.1) is 5.41 Å². The second-order valence-corrected chi connectivity index (χ2v) is 6.80. The highest BCUT2D eigenvalue weighted by atomic mass is 16.2. The number of hydrogen-bond acceptors (Lipinski definition) is 2. The molecule has 2 saturated heterocycles. The van der Waals surface area contributed by atoms with Crippen molar-refractivity contribution in [1.82, 2.24) is 10.2 Å². The lowest BCUT2D eigenvalue weighted by Crippen LogP contribution is -2.44. The molecule has 2 heterocycles. The van der Waals surface area contributed by atoms with E-state index in [0.717, 1.165) is 45.4 Å². The Morgan fingerprint density at radius 3 is 2.53 bits per heavy atom. The minimum atomic E-state index is -0.144. The molecule has 0 aromatic rings. The number of hydrogen-bond donors (Lipinski definition) is 1. The molecule has 0 spiro atoms. The van der Waals surface area contributed by atoms with Gasteiger partial charge in [-0.3, -0.25) is 4.79 Å². The van der Waals surface area contributed by atoms with Gasteiger partial charge < -0.3 is 10.2 Å². The lowest BCUT2D eigenvalue weighted by atomic mass is 9.85. The van der Waals surface area contributed by atoms with Gasteiger partial charge in [-0.2, -0.15) is 0 Å². The molecule has 1 amide bonds. The number of amides is 1. The van der Waals surface area contributed by atoms with Crippen LogP contribution in [0.1, 0.15) is 46.5 Å². The van der Waals surface area contributed by atoms with Crippen molar-refractivity contribution in [2.24, 2.45) is 10.8 Å². The van der Waals surface area contributed by atoms with E-state index in [1.807, 2.05) is 0 Å². The summed E-state index contributed by atoms with van der Waals surface area (Å²) >= 11 is 0. The van der Waals surface area contributed by atoms with E-state index in [1.165, 1.54) is 6.42 Å². The molecule has 1 N–H and O–H groups in total. The van der Waals surface area contributed by atoms with Crippen LogP contribution in [0.2, 0.25) is 0 Å². The van der Waals surface area contributed by atoms with Gasteiger partial charge in [-0.1, -0.05) is 13.8 Å². The van der Waals surface area contributed by atoms with Crippen molar-refractivity contribution in [1.29, 1.82) is 0 Å². The van der Waals surface area contributed by atoms with Crippen LogP contribution in [0.15, 0.2) is 0 Å². The second-order valence-electron chi connectivity index (χ2n) is 6.80. The third-order valence-electron chi connectivity index (χ3n) is 4.51. The van der Waals surface area contributed by atoms with Crippen LogP contribution in [0.5, 0.6) is 0 Å². The Balaban J connectivity index is 2.00. The molecule has 0 saturated carbocycles. The zero-order chi connectivity index (χ0) is 12.5. The molecule has 0 bridgehead atoms. The number of rotatable bonds is 1. The molecule has 3 nitrogen and oxygen atoms in total. The van der Waals surface area contributed by atoms with E-state index in [1.54, 1.807) is 0 Å². The van der Waals surface area contributed by atoms with Crippen molar-refractivity contribution in [2.75, 3.05) is 26.2 Å².